The Bertz CT molecular complexity index is 1420. The Balaban J connectivity index is 1.45. The van der Waals surface area contributed by atoms with Crippen LogP contribution in [0, 0.1) is 0 Å². The molecule has 2 unspecified atom stereocenters. The van der Waals surface area contributed by atoms with E-state index in [9.17, 15) is 4.79 Å². The van der Waals surface area contributed by atoms with E-state index in [2.05, 4.69) is 48.3 Å². The minimum Gasteiger partial charge on any atom is -0.456 e. The zero-order valence-corrected chi connectivity index (χ0v) is 19.7. The predicted octanol–water partition coefficient (Wildman–Crippen LogP) is 6.54. The van der Waals surface area contributed by atoms with Crippen LogP contribution in [-0.4, -0.2) is 18.7 Å². The average molecular weight is 463 g/mol. The Morgan fingerprint density at radius 1 is 0.829 bits per heavy atom. The topological polar surface area (TPSA) is 50.8 Å². The summed E-state index contributed by atoms with van der Waals surface area (Å²) in [6, 6.07) is 31.8. The molecule has 0 fully saturated rings. The molecule has 0 aliphatic carbocycles. The summed E-state index contributed by atoms with van der Waals surface area (Å²) in [4.78, 5) is 15.2. The lowest BCUT2D eigenvalue weighted by Gasteiger charge is -2.38. The number of carbonyl (C=O) groups is 1. The van der Waals surface area contributed by atoms with Crippen LogP contribution in [0.4, 0.5) is 11.4 Å². The Kier molecular flexibility index (Phi) is 4.99. The molecule has 0 saturated carbocycles. The Hall–Kier alpha value is -4.25. The second kappa shape index (κ2) is 8.20. The Labute approximate surface area is 204 Å². The van der Waals surface area contributed by atoms with Crippen LogP contribution in [0.25, 0.3) is 0 Å². The third-order valence-electron chi connectivity index (χ3n) is 6.89. The summed E-state index contributed by atoms with van der Waals surface area (Å²) in [5.74, 6) is 1.07. The molecule has 5 nitrogen and oxygen atoms in total. The van der Waals surface area contributed by atoms with Crippen molar-refractivity contribution in [2.45, 2.75) is 25.6 Å². The molecule has 0 saturated heterocycles. The van der Waals surface area contributed by atoms with Crippen LogP contribution in [0.3, 0.4) is 0 Å². The lowest BCUT2D eigenvalue weighted by molar-refractivity contribution is 0.0224. The van der Waals surface area contributed by atoms with Gasteiger partial charge in [-0.2, -0.15) is 0 Å². The lowest BCUT2D eigenvalue weighted by Crippen LogP contribution is -2.39. The highest BCUT2D eigenvalue weighted by molar-refractivity contribution is 5.97. The van der Waals surface area contributed by atoms with Gasteiger partial charge in [-0.05, 0) is 50.2 Å². The van der Waals surface area contributed by atoms with Crippen molar-refractivity contribution in [3.63, 3.8) is 0 Å². The van der Waals surface area contributed by atoms with Gasteiger partial charge in [0.1, 0.15) is 11.5 Å². The number of para-hydroxylation sites is 2. The molecule has 2 aliphatic rings. The minimum atomic E-state index is -1.03. The van der Waals surface area contributed by atoms with E-state index in [0.29, 0.717) is 17.1 Å². The van der Waals surface area contributed by atoms with Crippen molar-refractivity contribution < 1.29 is 14.3 Å². The number of rotatable bonds is 5. The predicted molar refractivity (Wildman–Crippen MR) is 137 cm³/mol. The standard InChI is InChI=1S/C30H26N2O3/c1-3-32(20(2)31-21-11-5-4-6-12-21)22-17-18-26-28(19-22)34-27-16-10-9-15-25(27)30(26)24-14-8-7-13-23(24)29(33)35-30/h4-20,31H,3H2,1-2H3. The second-order valence-electron chi connectivity index (χ2n) is 8.87. The molecule has 174 valence electrons. The van der Waals surface area contributed by atoms with Crippen molar-refractivity contribution in [2.24, 2.45) is 0 Å². The maximum absolute atomic E-state index is 13.0. The van der Waals surface area contributed by atoms with Crippen molar-refractivity contribution in [3.8, 4) is 11.5 Å². The van der Waals surface area contributed by atoms with Crippen LogP contribution in [0.5, 0.6) is 11.5 Å². The van der Waals surface area contributed by atoms with Crippen LogP contribution in [0.2, 0.25) is 0 Å². The van der Waals surface area contributed by atoms with Crippen molar-refractivity contribution in [2.75, 3.05) is 16.8 Å². The van der Waals surface area contributed by atoms with E-state index in [1.807, 2.05) is 72.8 Å². The molecule has 1 N–H and O–H groups in total. The molecule has 4 aromatic rings. The number of carbonyl (C=O) groups excluding carboxylic acids is 1. The number of fused-ring (bicyclic) bond motifs is 6. The highest BCUT2D eigenvalue weighted by Gasteiger charge is 2.53. The number of nitrogens with one attached hydrogen (secondary N) is 1. The molecule has 6 rings (SSSR count). The van der Waals surface area contributed by atoms with E-state index >= 15 is 0 Å². The van der Waals surface area contributed by atoms with E-state index in [0.717, 1.165) is 34.6 Å². The first-order valence-corrected chi connectivity index (χ1v) is 11.9. The van der Waals surface area contributed by atoms with E-state index in [1.165, 1.54) is 0 Å². The third-order valence-corrected chi connectivity index (χ3v) is 6.89. The normalized spacial score (nSPS) is 18.1. The molecular formula is C30H26N2O3. The Morgan fingerprint density at radius 2 is 1.51 bits per heavy atom. The van der Waals surface area contributed by atoms with Crippen molar-refractivity contribution >= 4 is 17.3 Å². The van der Waals surface area contributed by atoms with Crippen molar-refractivity contribution in [3.05, 3.63) is 119 Å². The van der Waals surface area contributed by atoms with Gasteiger partial charge in [-0.1, -0.05) is 54.6 Å². The molecule has 5 heteroatoms. The second-order valence-corrected chi connectivity index (χ2v) is 8.87. The van der Waals surface area contributed by atoms with E-state index in [-0.39, 0.29) is 12.1 Å². The van der Waals surface area contributed by atoms with Gasteiger partial charge in [0.25, 0.3) is 0 Å². The summed E-state index contributed by atoms with van der Waals surface area (Å²) >= 11 is 0. The summed E-state index contributed by atoms with van der Waals surface area (Å²) in [5, 5.41) is 3.57. The van der Waals surface area contributed by atoms with Gasteiger partial charge in [-0.15, -0.1) is 0 Å². The van der Waals surface area contributed by atoms with E-state index in [4.69, 9.17) is 9.47 Å². The quantitative estimate of drug-likeness (QED) is 0.270. The van der Waals surface area contributed by atoms with Crippen molar-refractivity contribution in [1.82, 2.24) is 0 Å². The largest absolute Gasteiger partial charge is 0.456 e. The molecule has 0 amide bonds. The first-order chi connectivity index (χ1) is 17.1. The zero-order chi connectivity index (χ0) is 24.0. The number of anilines is 2. The maximum atomic E-state index is 13.0. The monoisotopic (exact) mass is 462 g/mol. The fourth-order valence-corrected chi connectivity index (χ4v) is 5.33. The van der Waals surface area contributed by atoms with Crippen LogP contribution >= 0.6 is 0 Å². The van der Waals surface area contributed by atoms with Gasteiger partial charge >= 0.3 is 5.97 Å². The molecule has 4 aromatic carbocycles. The summed E-state index contributed by atoms with van der Waals surface area (Å²) in [7, 11) is 0. The molecule has 1 spiro atoms. The van der Waals surface area contributed by atoms with E-state index < -0.39 is 5.60 Å². The van der Waals surface area contributed by atoms with Gasteiger partial charge < -0.3 is 19.7 Å². The van der Waals surface area contributed by atoms with Gasteiger partial charge in [-0.25, -0.2) is 4.79 Å². The molecule has 0 radical (unpaired) electrons. The first kappa shape index (κ1) is 21.3. The summed E-state index contributed by atoms with van der Waals surface area (Å²) in [6.07, 6.45) is 0.0512. The number of ether oxygens (including phenoxy) is 2. The highest BCUT2D eigenvalue weighted by atomic mass is 16.6. The van der Waals surface area contributed by atoms with Gasteiger partial charge in [-0.3, -0.25) is 0 Å². The minimum absolute atomic E-state index is 0.0512. The molecule has 2 heterocycles. The fourth-order valence-electron chi connectivity index (χ4n) is 5.33. The maximum Gasteiger partial charge on any atom is 0.340 e. The number of benzene rings is 4. The molecule has 2 aliphatic heterocycles. The number of hydrogen-bond acceptors (Lipinski definition) is 5. The highest BCUT2D eigenvalue weighted by Crippen LogP contribution is 2.56. The first-order valence-electron chi connectivity index (χ1n) is 11.9. The number of esters is 1. The molecule has 0 aromatic heterocycles. The van der Waals surface area contributed by atoms with Crippen LogP contribution in [-0.2, 0) is 10.3 Å². The molecule has 35 heavy (non-hydrogen) atoms. The van der Waals surface area contributed by atoms with E-state index in [1.54, 1.807) is 0 Å². The Morgan fingerprint density at radius 3 is 2.31 bits per heavy atom. The summed E-state index contributed by atoms with van der Waals surface area (Å²) in [5.41, 5.74) is 4.17. The van der Waals surface area contributed by atoms with Gasteiger partial charge in [0, 0.05) is 40.7 Å². The van der Waals surface area contributed by atoms with Crippen LogP contribution in [0.1, 0.15) is 40.9 Å². The summed E-state index contributed by atoms with van der Waals surface area (Å²) < 4.78 is 12.6. The fraction of sp³-hybridized carbons (Fsp3) is 0.167. The van der Waals surface area contributed by atoms with Gasteiger partial charge in [0.15, 0.2) is 5.60 Å². The van der Waals surface area contributed by atoms with Crippen LogP contribution < -0.4 is 15.0 Å². The van der Waals surface area contributed by atoms with Gasteiger partial charge in [0.05, 0.1) is 11.7 Å². The number of nitrogens with zero attached hydrogens (tertiary/aromatic N) is 1. The van der Waals surface area contributed by atoms with Crippen LogP contribution in [0.15, 0.2) is 97.1 Å². The van der Waals surface area contributed by atoms with Crippen molar-refractivity contribution in [1.29, 1.82) is 0 Å². The number of hydrogen-bond donors (Lipinski definition) is 1. The molecule has 0 bridgehead atoms. The van der Waals surface area contributed by atoms with Gasteiger partial charge in [0.2, 0.25) is 0 Å². The zero-order valence-electron chi connectivity index (χ0n) is 19.7. The lowest BCUT2D eigenvalue weighted by atomic mass is 9.77. The smallest absolute Gasteiger partial charge is 0.340 e. The third kappa shape index (κ3) is 3.27. The molecular weight excluding hydrogens is 436 g/mol. The average Bonchev–Trinajstić information content (AvgIpc) is 3.18. The SMILES string of the molecule is CCN(c1ccc2c(c1)Oc1ccccc1C21OC(=O)c2ccccc21)C(C)Nc1ccccc1. The summed E-state index contributed by atoms with van der Waals surface area (Å²) in [6.45, 7) is 5.08. The molecule has 2 atom stereocenters.